The smallest absolute Gasteiger partial charge is 0.250 e. The minimum atomic E-state index is -0.418. The van der Waals surface area contributed by atoms with E-state index in [9.17, 15) is 4.39 Å². The molecule has 1 aromatic rings. The summed E-state index contributed by atoms with van der Waals surface area (Å²) in [4.78, 5) is 3.85. The predicted molar refractivity (Wildman–Crippen MR) is 75.5 cm³/mol. The van der Waals surface area contributed by atoms with Crippen LogP contribution in [0.1, 0.15) is 30.9 Å². The minimum Gasteiger partial charge on any atom is -0.479 e. The fourth-order valence-corrected chi connectivity index (χ4v) is 3.65. The van der Waals surface area contributed by atoms with Crippen molar-refractivity contribution in [2.45, 2.75) is 25.3 Å². The lowest BCUT2D eigenvalue weighted by Gasteiger charge is -2.26. The Morgan fingerprint density at radius 3 is 2.95 bits per heavy atom. The molecule has 0 bridgehead atoms. The maximum absolute atomic E-state index is 14.2. The second kappa shape index (κ2) is 7.07. The van der Waals surface area contributed by atoms with Crippen molar-refractivity contribution in [1.29, 1.82) is 0 Å². The summed E-state index contributed by atoms with van der Waals surface area (Å²) >= 11 is 1.98. The van der Waals surface area contributed by atoms with Gasteiger partial charge in [0.25, 0.3) is 0 Å². The van der Waals surface area contributed by atoms with Crippen LogP contribution < -0.4 is 16.0 Å². The number of methoxy groups -OCH3 is 1. The third kappa shape index (κ3) is 3.58. The van der Waals surface area contributed by atoms with Gasteiger partial charge in [-0.05, 0) is 42.8 Å². The van der Waals surface area contributed by atoms with Gasteiger partial charge in [0.15, 0.2) is 5.82 Å². The third-order valence-electron chi connectivity index (χ3n) is 3.57. The van der Waals surface area contributed by atoms with Gasteiger partial charge in [-0.15, -0.1) is 0 Å². The molecule has 1 fully saturated rings. The number of aromatic nitrogens is 1. The summed E-state index contributed by atoms with van der Waals surface area (Å²) in [6, 6.07) is 1.48. The lowest BCUT2D eigenvalue weighted by molar-refractivity contribution is 0.344. The summed E-state index contributed by atoms with van der Waals surface area (Å²) in [5.74, 6) is 8.17. The van der Waals surface area contributed by atoms with Crippen LogP contribution in [0.2, 0.25) is 0 Å². The first-order chi connectivity index (χ1) is 9.26. The van der Waals surface area contributed by atoms with Crippen molar-refractivity contribution in [3.05, 3.63) is 23.6 Å². The normalized spacial score (nSPS) is 18.3. The Labute approximate surface area is 117 Å². The highest BCUT2D eigenvalue weighted by Gasteiger charge is 2.23. The lowest BCUT2D eigenvalue weighted by Crippen LogP contribution is -2.31. The molecule has 106 valence electrons. The largest absolute Gasteiger partial charge is 0.479 e. The van der Waals surface area contributed by atoms with Gasteiger partial charge in [0.05, 0.1) is 7.11 Å². The molecule has 0 amide bonds. The maximum atomic E-state index is 14.2. The van der Waals surface area contributed by atoms with E-state index in [4.69, 9.17) is 10.6 Å². The third-order valence-corrected chi connectivity index (χ3v) is 4.62. The molecule has 3 N–H and O–H groups in total. The van der Waals surface area contributed by atoms with Crippen molar-refractivity contribution in [3.8, 4) is 5.88 Å². The minimum absolute atomic E-state index is 0.0250. The summed E-state index contributed by atoms with van der Waals surface area (Å²) in [6.45, 7) is 0. The Morgan fingerprint density at radius 1 is 1.58 bits per heavy atom. The van der Waals surface area contributed by atoms with Crippen molar-refractivity contribution >= 4 is 11.8 Å². The highest BCUT2D eigenvalue weighted by Crippen LogP contribution is 2.32. The Kier molecular flexibility index (Phi) is 5.42. The number of hydrazine groups is 1. The van der Waals surface area contributed by atoms with Crippen LogP contribution in [0.3, 0.4) is 0 Å². The van der Waals surface area contributed by atoms with Crippen molar-refractivity contribution in [3.63, 3.8) is 0 Å². The van der Waals surface area contributed by atoms with E-state index in [2.05, 4.69) is 10.4 Å². The SMILES string of the molecule is COc1nccc(C(CC2CCSCC2)NN)c1F. The Bertz CT molecular complexity index is 413. The van der Waals surface area contributed by atoms with Gasteiger partial charge in [-0.1, -0.05) is 0 Å². The molecular formula is C13H20FN3OS. The molecule has 1 aliphatic rings. The van der Waals surface area contributed by atoms with Gasteiger partial charge in [0.1, 0.15) is 0 Å². The number of rotatable bonds is 5. The zero-order valence-electron chi connectivity index (χ0n) is 11.1. The molecule has 1 unspecified atom stereocenters. The van der Waals surface area contributed by atoms with Gasteiger partial charge in [0.2, 0.25) is 5.88 Å². The van der Waals surface area contributed by atoms with Crippen molar-refractivity contribution in [2.24, 2.45) is 11.8 Å². The fraction of sp³-hybridized carbons (Fsp3) is 0.615. The molecule has 6 heteroatoms. The molecule has 2 heterocycles. The first-order valence-corrected chi connectivity index (χ1v) is 7.64. The Balaban J connectivity index is 2.12. The van der Waals surface area contributed by atoms with E-state index in [0.717, 1.165) is 6.42 Å². The average Bonchev–Trinajstić information content (AvgIpc) is 2.46. The number of hydrogen-bond donors (Lipinski definition) is 2. The molecule has 0 aromatic carbocycles. The van der Waals surface area contributed by atoms with Gasteiger partial charge < -0.3 is 4.74 Å². The molecule has 0 radical (unpaired) electrons. The van der Waals surface area contributed by atoms with Gasteiger partial charge >= 0.3 is 0 Å². The van der Waals surface area contributed by atoms with Crippen LogP contribution in [-0.4, -0.2) is 23.6 Å². The molecule has 0 spiro atoms. The molecular weight excluding hydrogens is 265 g/mol. The topological polar surface area (TPSA) is 60.2 Å². The number of nitrogens with two attached hydrogens (primary N) is 1. The molecule has 19 heavy (non-hydrogen) atoms. The van der Waals surface area contributed by atoms with E-state index in [-0.39, 0.29) is 11.9 Å². The highest BCUT2D eigenvalue weighted by molar-refractivity contribution is 7.99. The van der Waals surface area contributed by atoms with Gasteiger partial charge in [-0.25, -0.2) is 9.37 Å². The van der Waals surface area contributed by atoms with Gasteiger partial charge in [-0.3, -0.25) is 11.3 Å². The molecule has 1 atom stereocenters. The van der Waals surface area contributed by atoms with E-state index in [1.165, 1.54) is 31.5 Å². The Morgan fingerprint density at radius 2 is 2.32 bits per heavy atom. The highest BCUT2D eigenvalue weighted by atomic mass is 32.2. The van der Waals surface area contributed by atoms with Crippen LogP contribution in [0.15, 0.2) is 12.3 Å². The number of nitrogens with one attached hydrogen (secondary N) is 1. The molecule has 2 rings (SSSR count). The number of pyridine rings is 1. The Hall–Kier alpha value is -0.850. The van der Waals surface area contributed by atoms with Crippen molar-refractivity contribution in [2.75, 3.05) is 18.6 Å². The van der Waals surface area contributed by atoms with Crippen molar-refractivity contribution in [1.82, 2.24) is 10.4 Å². The quantitative estimate of drug-likeness (QED) is 0.642. The number of thioether (sulfide) groups is 1. The van der Waals surface area contributed by atoms with Crippen LogP contribution >= 0.6 is 11.8 Å². The zero-order valence-corrected chi connectivity index (χ0v) is 11.9. The van der Waals surface area contributed by atoms with Crippen LogP contribution in [0.25, 0.3) is 0 Å². The average molecular weight is 285 g/mol. The molecule has 1 saturated heterocycles. The van der Waals surface area contributed by atoms with Gasteiger partial charge in [-0.2, -0.15) is 11.8 Å². The number of nitrogens with zero attached hydrogens (tertiary/aromatic N) is 1. The summed E-state index contributed by atoms with van der Waals surface area (Å²) < 4.78 is 19.1. The van der Waals surface area contributed by atoms with Crippen LogP contribution in [0, 0.1) is 11.7 Å². The number of ether oxygens (including phenoxy) is 1. The van der Waals surface area contributed by atoms with Crippen LogP contribution in [0.4, 0.5) is 4.39 Å². The van der Waals surface area contributed by atoms with E-state index in [1.54, 1.807) is 12.3 Å². The maximum Gasteiger partial charge on any atom is 0.250 e. The predicted octanol–water partition coefficient (Wildman–Crippen LogP) is 2.27. The van der Waals surface area contributed by atoms with Crippen LogP contribution in [-0.2, 0) is 0 Å². The van der Waals surface area contributed by atoms with E-state index < -0.39 is 5.82 Å². The summed E-state index contributed by atoms with van der Waals surface area (Å²) in [5, 5.41) is 0. The number of halogens is 1. The first kappa shape index (κ1) is 14.6. The monoisotopic (exact) mass is 285 g/mol. The summed E-state index contributed by atoms with van der Waals surface area (Å²) in [5.41, 5.74) is 3.26. The molecule has 0 aliphatic carbocycles. The summed E-state index contributed by atoms with van der Waals surface area (Å²) in [7, 11) is 1.42. The fourth-order valence-electron chi connectivity index (χ4n) is 2.45. The zero-order chi connectivity index (χ0) is 13.7. The molecule has 0 saturated carbocycles. The van der Waals surface area contributed by atoms with Gasteiger partial charge in [0, 0.05) is 17.8 Å². The second-order valence-electron chi connectivity index (χ2n) is 4.73. The van der Waals surface area contributed by atoms with Crippen molar-refractivity contribution < 1.29 is 9.13 Å². The van der Waals surface area contributed by atoms with E-state index >= 15 is 0 Å². The molecule has 4 nitrogen and oxygen atoms in total. The second-order valence-corrected chi connectivity index (χ2v) is 5.96. The number of hydrogen-bond acceptors (Lipinski definition) is 5. The van der Waals surface area contributed by atoms with E-state index in [0.29, 0.717) is 11.5 Å². The molecule has 1 aromatic heterocycles. The molecule has 1 aliphatic heterocycles. The van der Waals surface area contributed by atoms with E-state index in [1.807, 2.05) is 11.8 Å². The van der Waals surface area contributed by atoms with Crippen LogP contribution in [0.5, 0.6) is 5.88 Å². The first-order valence-electron chi connectivity index (χ1n) is 6.48. The summed E-state index contributed by atoms with van der Waals surface area (Å²) in [6.07, 6.45) is 4.75. The lowest BCUT2D eigenvalue weighted by atomic mass is 9.91. The standard InChI is InChI=1S/C13H20FN3OS/c1-18-13-12(14)10(2-5-16-13)11(17-15)8-9-3-6-19-7-4-9/h2,5,9,11,17H,3-4,6-8,15H2,1H3.